The quantitative estimate of drug-likeness (QED) is 0.659. The fourth-order valence-corrected chi connectivity index (χ4v) is 1.89. The molecular weight excluding hydrogens is 266 g/mol. The van der Waals surface area contributed by atoms with Crippen molar-refractivity contribution in [3.05, 3.63) is 17.5 Å². The average Bonchev–Trinajstić information content (AvgIpc) is 2.85. The van der Waals surface area contributed by atoms with E-state index in [9.17, 15) is 14.4 Å². The first-order chi connectivity index (χ1) is 9.49. The summed E-state index contributed by atoms with van der Waals surface area (Å²) in [5, 5.41) is 3.73. The fourth-order valence-electron chi connectivity index (χ4n) is 1.89. The van der Waals surface area contributed by atoms with Crippen molar-refractivity contribution in [1.29, 1.82) is 0 Å². The lowest BCUT2D eigenvalue weighted by Gasteiger charge is -2.25. The van der Waals surface area contributed by atoms with Gasteiger partial charge in [0.15, 0.2) is 5.69 Å². The highest BCUT2D eigenvalue weighted by molar-refractivity contribution is 6.05. The third-order valence-electron chi connectivity index (χ3n) is 2.93. The average molecular weight is 281 g/mol. The van der Waals surface area contributed by atoms with Crippen LogP contribution in [0, 0.1) is 0 Å². The van der Waals surface area contributed by atoms with Crippen molar-refractivity contribution in [2.45, 2.75) is 0 Å². The molecule has 0 bridgehead atoms. The maximum absolute atomic E-state index is 12.0. The van der Waals surface area contributed by atoms with Crippen LogP contribution in [0.5, 0.6) is 0 Å². The van der Waals surface area contributed by atoms with E-state index in [0.29, 0.717) is 26.3 Å². The minimum atomic E-state index is -0.906. The second-order valence-electron chi connectivity index (χ2n) is 4.35. The Morgan fingerprint density at radius 3 is 2.35 bits per heavy atom. The molecule has 1 fully saturated rings. The Morgan fingerprint density at radius 2 is 1.85 bits per heavy atom. The van der Waals surface area contributed by atoms with E-state index < -0.39 is 11.8 Å². The molecule has 0 saturated carbocycles. The molecule has 1 saturated heterocycles. The predicted octanol–water partition coefficient (Wildman–Crippen LogP) is -1.95. The van der Waals surface area contributed by atoms with Gasteiger partial charge in [0, 0.05) is 19.3 Å². The van der Waals surface area contributed by atoms with Crippen LogP contribution in [0.25, 0.3) is 0 Å². The van der Waals surface area contributed by atoms with E-state index in [1.54, 1.807) is 0 Å². The lowest BCUT2D eigenvalue weighted by Crippen LogP contribution is -2.41. The first-order valence-corrected chi connectivity index (χ1v) is 6.01. The molecule has 1 aromatic heterocycles. The van der Waals surface area contributed by atoms with Gasteiger partial charge in [-0.3, -0.25) is 19.3 Å². The zero-order valence-corrected chi connectivity index (χ0v) is 10.7. The monoisotopic (exact) mass is 281 g/mol. The van der Waals surface area contributed by atoms with Gasteiger partial charge in [-0.2, -0.15) is 5.10 Å². The van der Waals surface area contributed by atoms with Crippen LogP contribution in [0.2, 0.25) is 0 Å². The molecular formula is C11H15N5O4. The van der Waals surface area contributed by atoms with Gasteiger partial charge in [0.05, 0.1) is 25.3 Å². The first kappa shape index (κ1) is 14.2. The minimum absolute atomic E-state index is 0.113. The van der Waals surface area contributed by atoms with Crippen molar-refractivity contribution >= 4 is 17.7 Å². The zero-order valence-electron chi connectivity index (χ0n) is 10.7. The molecule has 108 valence electrons. The van der Waals surface area contributed by atoms with Crippen LogP contribution in [0.4, 0.5) is 0 Å². The van der Waals surface area contributed by atoms with Gasteiger partial charge in [-0.1, -0.05) is 0 Å². The Morgan fingerprint density at radius 1 is 1.20 bits per heavy atom. The van der Waals surface area contributed by atoms with E-state index in [4.69, 9.17) is 16.2 Å². The number of nitrogens with two attached hydrogens (primary N) is 2. The number of amides is 2. The summed E-state index contributed by atoms with van der Waals surface area (Å²) < 4.78 is 6.10. The molecule has 0 unspecified atom stereocenters. The number of primary amides is 2. The Bertz CT molecular complexity index is 516. The van der Waals surface area contributed by atoms with Crippen LogP contribution in [0.1, 0.15) is 25.6 Å². The number of morpholine rings is 1. The lowest BCUT2D eigenvalue weighted by molar-refractivity contribution is 0.0344. The van der Waals surface area contributed by atoms with Gasteiger partial charge in [0.2, 0.25) is 0 Å². The second-order valence-corrected chi connectivity index (χ2v) is 4.35. The topological polar surface area (TPSA) is 134 Å². The van der Waals surface area contributed by atoms with E-state index in [0.717, 1.165) is 10.9 Å². The molecule has 4 N–H and O–H groups in total. The SMILES string of the molecule is NC(=O)c1cn(C(=O)CN2CCOCC2)nc1C(N)=O. The maximum atomic E-state index is 12.0. The molecule has 2 heterocycles. The second kappa shape index (κ2) is 5.80. The van der Waals surface area contributed by atoms with Crippen molar-refractivity contribution in [3.8, 4) is 0 Å². The Balaban J connectivity index is 2.15. The van der Waals surface area contributed by atoms with Crippen molar-refractivity contribution in [2.24, 2.45) is 11.5 Å². The van der Waals surface area contributed by atoms with Gasteiger partial charge < -0.3 is 16.2 Å². The molecule has 0 aromatic carbocycles. The zero-order chi connectivity index (χ0) is 14.7. The number of nitrogens with zero attached hydrogens (tertiary/aromatic N) is 3. The number of rotatable bonds is 4. The Hall–Kier alpha value is -2.26. The summed E-state index contributed by atoms with van der Waals surface area (Å²) in [6.07, 6.45) is 1.13. The standard InChI is InChI=1S/C11H15N5O4/c12-10(18)7-5-16(14-9(7)11(13)19)8(17)6-15-1-3-20-4-2-15/h5H,1-4,6H2,(H2,12,18)(H2,13,19). The molecule has 2 amide bonds. The Labute approximate surface area is 114 Å². The third kappa shape index (κ3) is 3.00. The van der Waals surface area contributed by atoms with Gasteiger partial charge in [0.1, 0.15) is 0 Å². The van der Waals surface area contributed by atoms with Crippen molar-refractivity contribution < 1.29 is 19.1 Å². The Kier molecular flexibility index (Phi) is 4.11. The van der Waals surface area contributed by atoms with Crippen LogP contribution in [-0.2, 0) is 4.74 Å². The largest absolute Gasteiger partial charge is 0.379 e. The lowest BCUT2D eigenvalue weighted by atomic mass is 10.2. The smallest absolute Gasteiger partial charge is 0.270 e. The summed E-state index contributed by atoms with van der Waals surface area (Å²) in [5.41, 5.74) is 9.74. The van der Waals surface area contributed by atoms with Gasteiger partial charge in [-0.15, -0.1) is 0 Å². The minimum Gasteiger partial charge on any atom is -0.379 e. The van der Waals surface area contributed by atoms with Crippen molar-refractivity contribution in [1.82, 2.24) is 14.7 Å². The molecule has 1 aliphatic rings. The molecule has 2 rings (SSSR count). The number of hydrogen-bond donors (Lipinski definition) is 2. The van der Waals surface area contributed by atoms with E-state index >= 15 is 0 Å². The molecule has 0 atom stereocenters. The number of carbonyl (C=O) groups excluding carboxylic acids is 3. The molecule has 0 spiro atoms. The molecule has 0 aliphatic carbocycles. The van der Waals surface area contributed by atoms with Crippen molar-refractivity contribution in [3.63, 3.8) is 0 Å². The van der Waals surface area contributed by atoms with Gasteiger partial charge in [0.25, 0.3) is 17.7 Å². The van der Waals surface area contributed by atoms with E-state index in [1.165, 1.54) is 0 Å². The molecule has 20 heavy (non-hydrogen) atoms. The van der Waals surface area contributed by atoms with E-state index in [2.05, 4.69) is 5.10 Å². The van der Waals surface area contributed by atoms with Crippen LogP contribution < -0.4 is 11.5 Å². The summed E-state index contributed by atoms with van der Waals surface area (Å²) in [4.78, 5) is 36.3. The molecule has 9 heteroatoms. The number of hydrogen-bond acceptors (Lipinski definition) is 6. The summed E-state index contributed by atoms with van der Waals surface area (Å²) in [6.45, 7) is 2.51. The summed E-state index contributed by atoms with van der Waals surface area (Å²) in [6, 6.07) is 0. The van der Waals surface area contributed by atoms with E-state index in [-0.39, 0.29) is 23.7 Å². The summed E-state index contributed by atoms with van der Waals surface area (Å²) >= 11 is 0. The maximum Gasteiger partial charge on any atom is 0.270 e. The summed E-state index contributed by atoms with van der Waals surface area (Å²) in [5.74, 6) is -2.14. The van der Waals surface area contributed by atoms with Gasteiger partial charge in [-0.25, -0.2) is 4.68 Å². The van der Waals surface area contributed by atoms with Crippen LogP contribution in [0.15, 0.2) is 6.20 Å². The van der Waals surface area contributed by atoms with Crippen molar-refractivity contribution in [2.75, 3.05) is 32.8 Å². The highest BCUT2D eigenvalue weighted by atomic mass is 16.5. The predicted molar refractivity (Wildman–Crippen MR) is 67.1 cm³/mol. The first-order valence-electron chi connectivity index (χ1n) is 6.01. The highest BCUT2D eigenvalue weighted by Gasteiger charge is 2.22. The van der Waals surface area contributed by atoms with Crippen LogP contribution >= 0.6 is 0 Å². The molecule has 9 nitrogen and oxygen atoms in total. The third-order valence-corrected chi connectivity index (χ3v) is 2.93. The van der Waals surface area contributed by atoms with Gasteiger partial charge >= 0.3 is 0 Å². The van der Waals surface area contributed by atoms with Crippen LogP contribution in [0.3, 0.4) is 0 Å². The van der Waals surface area contributed by atoms with E-state index in [1.807, 2.05) is 4.90 Å². The summed E-state index contributed by atoms with van der Waals surface area (Å²) in [7, 11) is 0. The fraction of sp³-hybridized carbons (Fsp3) is 0.455. The number of ether oxygens (including phenoxy) is 1. The normalized spacial score (nSPS) is 16.0. The number of aromatic nitrogens is 2. The number of carbonyl (C=O) groups is 3. The highest BCUT2D eigenvalue weighted by Crippen LogP contribution is 2.06. The van der Waals surface area contributed by atoms with Crippen LogP contribution in [-0.4, -0.2) is 65.2 Å². The van der Waals surface area contributed by atoms with Gasteiger partial charge in [-0.05, 0) is 0 Å². The molecule has 1 aromatic rings. The molecule has 0 radical (unpaired) electrons. The molecule has 1 aliphatic heterocycles.